The maximum absolute atomic E-state index is 13.0. The molecule has 4 heterocycles. The van der Waals surface area contributed by atoms with Crippen molar-refractivity contribution in [2.75, 3.05) is 32.0 Å². The molecule has 31 heavy (non-hydrogen) atoms. The van der Waals surface area contributed by atoms with E-state index in [0.29, 0.717) is 49.4 Å². The van der Waals surface area contributed by atoms with E-state index in [-0.39, 0.29) is 29.6 Å². The minimum absolute atomic E-state index is 0.0915. The average molecular weight is 449 g/mol. The number of likely N-dealkylation sites (tertiary alicyclic amines) is 2. The normalized spacial score (nSPS) is 29.4. The number of hydrogen-bond donors (Lipinski definition) is 2. The minimum atomic E-state index is -1.20. The predicted molar refractivity (Wildman–Crippen MR) is 112 cm³/mol. The van der Waals surface area contributed by atoms with Crippen LogP contribution in [0.25, 0.3) is 0 Å². The highest BCUT2D eigenvalue weighted by Gasteiger charge is 2.51. The number of allylic oxidation sites excluding steroid dienone is 1. The van der Waals surface area contributed by atoms with E-state index in [0.717, 1.165) is 0 Å². The molecule has 3 atom stereocenters. The molecule has 3 amide bonds. The molecule has 166 valence electrons. The summed E-state index contributed by atoms with van der Waals surface area (Å²) in [5.74, 6) is -1.42. The highest BCUT2D eigenvalue weighted by atomic mass is 32.2. The molecule has 10 nitrogen and oxygen atoms in total. The SMILES string of the molecule is C=CCOC(=O)N1CC[C@H](N2CCC(=CC3=C(C(=O)O)N4C(=O)C(N)C4SC3)C2=O)C1. The first-order valence-corrected chi connectivity index (χ1v) is 11.1. The van der Waals surface area contributed by atoms with Gasteiger partial charge in [-0.15, -0.1) is 11.8 Å². The lowest BCUT2D eigenvalue weighted by molar-refractivity contribution is -0.147. The van der Waals surface area contributed by atoms with Crippen LogP contribution in [0.4, 0.5) is 4.79 Å². The zero-order valence-corrected chi connectivity index (χ0v) is 17.7. The maximum atomic E-state index is 13.0. The molecule has 0 bridgehead atoms. The maximum Gasteiger partial charge on any atom is 0.410 e. The Morgan fingerprint density at radius 2 is 2.10 bits per heavy atom. The van der Waals surface area contributed by atoms with Crippen LogP contribution in [-0.4, -0.2) is 93.1 Å². The number of nitrogens with two attached hydrogens (primary N) is 1. The number of carboxylic acid groups (broad SMARTS) is 1. The Balaban J connectivity index is 1.48. The lowest BCUT2D eigenvalue weighted by Gasteiger charge is -2.47. The number of β-lactam (4-membered cyclic amide) rings is 1. The second-order valence-electron chi connectivity index (χ2n) is 7.79. The highest BCUT2D eigenvalue weighted by Crippen LogP contribution is 2.40. The lowest BCUT2D eigenvalue weighted by atomic mass is 10.0. The smallest absolute Gasteiger partial charge is 0.410 e. The van der Waals surface area contributed by atoms with Gasteiger partial charge in [0, 0.05) is 31.0 Å². The number of carbonyl (C=O) groups excluding carboxylic acids is 3. The van der Waals surface area contributed by atoms with Crippen molar-refractivity contribution in [2.45, 2.75) is 30.3 Å². The first-order chi connectivity index (χ1) is 14.8. The number of ether oxygens (including phenoxy) is 1. The highest BCUT2D eigenvalue weighted by molar-refractivity contribution is 8.00. The average Bonchev–Trinajstić information content (AvgIpc) is 3.38. The molecule has 4 rings (SSSR count). The number of thioether (sulfide) groups is 1. The molecule has 0 spiro atoms. The van der Waals surface area contributed by atoms with Crippen molar-refractivity contribution in [1.29, 1.82) is 0 Å². The van der Waals surface area contributed by atoms with Crippen LogP contribution in [0.15, 0.2) is 35.6 Å². The van der Waals surface area contributed by atoms with Crippen LogP contribution in [0.3, 0.4) is 0 Å². The summed E-state index contributed by atoms with van der Waals surface area (Å²) in [5, 5.41) is 9.29. The Morgan fingerprint density at radius 3 is 2.81 bits per heavy atom. The van der Waals surface area contributed by atoms with Gasteiger partial charge < -0.3 is 25.4 Å². The van der Waals surface area contributed by atoms with Crippen LogP contribution >= 0.6 is 11.8 Å². The van der Waals surface area contributed by atoms with Crippen molar-refractivity contribution >= 4 is 35.6 Å². The van der Waals surface area contributed by atoms with E-state index in [2.05, 4.69) is 6.58 Å². The molecule has 0 aromatic carbocycles. The zero-order chi connectivity index (χ0) is 22.3. The Bertz CT molecular complexity index is 915. The molecule has 0 radical (unpaired) electrons. The van der Waals surface area contributed by atoms with Gasteiger partial charge >= 0.3 is 12.1 Å². The fourth-order valence-electron chi connectivity index (χ4n) is 4.36. The minimum Gasteiger partial charge on any atom is -0.477 e. The van der Waals surface area contributed by atoms with E-state index < -0.39 is 24.0 Å². The van der Waals surface area contributed by atoms with Gasteiger partial charge in [0.25, 0.3) is 0 Å². The van der Waals surface area contributed by atoms with Crippen molar-refractivity contribution in [3.63, 3.8) is 0 Å². The summed E-state index contributed by atoms with van der Waals surface area (Å²) in [6.07, 6.45) is 3.82. The third-order valence-corrected chi connectivity index (χ3v) is 7.26. The summed E-state index contributed by atoms with van der Waals surface area (Å²) in [7, 11) is 0. The first-order valence-electron chi connectivity index (χ1n) is 10.0. The molecule has 4 aliphatic rings. The molecule has 3 N–H and O–H groups in total. The number of carboxylic acids is 1. The monoisotopic (exact) mass is 448 g/mol. The number of amides is 3. The quantitative estimate of drug-likeness (QED) is 0.344. The lowest BCUT2D eigenvalue weighted by Crippen LogP contribution is -2.68. The molecule has 0 aromatic rings. The molecular weight excluding hydrogens is 424 g/mol. The van der Waals surface area contributed by atoms with E-state index in [4.69, 9.17) is 10.5 Å². The summed E-state index contributed by atoms with van der Waals surface area (Å²) >= 11 is 1.40. The number of aliphatic carboxylic acids is 1. The molecule has 11 heteroatoms. The van der Waals surface area contributed by atoms with E-state index in [1.54, 1.807) is 15.9 Å². The second kappa shape index (κ2) is 8.39. The van der Waals surface area contributed by atoms with Gasteiger partial charge in [-0.2, -0.15) is 0 Å². The van der Waals surface area contributed by atoms with Gasteiger partial charge in [0.2, 0.25) is 11.8 Å². The molecule has 4 aliphatic heterocycles. The van der Waals surface area contributed by atoms with Crippen molar-refractivity contribution in [2.24, 2.45) is 5.73 Å². The zero-order valence-electron chi connectivity index (χ0n) is 16.9. The largest absolute Gasteiger partial charge is 0.477 e. The van der Waals surface area contributed by atoms with Gasteiger partial charge in [-0.25, -0.2) is 9.59 Å². The summed E-state index contributed by atoms with van der Waals surface area (Å²) in [6.45, 7) is 5.06. The van der Waals surface area contributed by atoms with Crippen LogP contribution in [0.2, 0.25) is 0 Å². The van der Waals surface area contributed by atoms with Crippen molar-refractivity contribution in [3.8, 4) is 0 Å². The Kier molecular flexibility index (Phi) is 5.80. The number of rotatable bonds is 5. The summed E-state index contributed by atoms with van der Waals surface area (Å²) in [5.41, 5.74) is 6.64. The van der Waals surface area contributed by atoms with Gasteiger partial charge in [0.15, 0.2) is 0 Å². The fraction of sp³-hybridized carbons (Fsp3) is 0.500. The molecule has 2 unspecified atom stereocenters. The number of hydrogen-bond acceptors (Lipinski definition) is 7. The first kappa shape index (κ1) is 21.4. The number of fused-ring (bicyclic) bond motifs is 1. The third kappa shape index (κ3) is 3.72. The molecule has 0 aromatic heterocycles. The topological polar surface area (TPSA) is 133 Å². The van der Waals surface area contributed by atoms with Crippen molar-refractivity contribution < 1.29 is 29.0 Å². The van der Waals surface area contributed by atoms with E-state index in [9.17, 15) is 24.3 Å². The molecule has 3 saturated heterocycles. The Morgan fingerprint density at radius 1 is 1.32 bits per heavy atom. The van der Waals surface area contributed by atoms with E-state index >= 15 is 0 Å². The Hall–Kier alpha value is -2.79. The summed E-state index contributed by atoms with van der Waals surface area (Å²) < 4.78 is 5.06. The van der Waals surface area contributed by atoms with Gasteiger partial charge in [-0.05, 0) is 24.5 Å². The van der Waals surface area contributed by atoms with Gasteiger partial charge in [0.1, 0.15) is 23.7 Å². The molecular formula is C20H24N4O6S. The van der Waals surface area contributed by atoms with Crippen LogP contribution in [-0.2, 0) is 19.1 Å². The summed E-state index contributed by atoms with van der Waals surface area (Å²) in [6, 6.07) is -0.802. The van der Waals surface area contributed by atoms with E-state index in [1.165, 1.54) is 22.7 Å². The molecule has 3 fully saturated rings. The van der Waals surface area contributed by atoms with Gasteiger partial charge in [-0.1, -0.05) is 12.7 Å². The van der Waals surface area contributed by atoms with Crippen LogP contribution < -0.4 is 5.73 Å². The molecule has 0 saturated carbocycles. The number of nitrogens with zero attached hydrogens (tertiary/aromatic N) is 3. The third-order valence-electron chi connectivity index (χ3n) is 5.93. The van der Waals surface area contributed by atoms with Crippen LogP contribution in [0, 0.1) is 0 Å². The van der Waals surface area contributed by atoms with Gasteiger partial charge in [0.05, 0.1) is 6.04 Å². The Labute approximate surface area is 183 Å². The van der Waals surface area contributed by atoms with Crippen molar-refractivity contribution in [3.05, 3.63) is 35.6 Å². The van der Waals surface area contributed by atoms with Crippen molar-refractivity contribution in [1.82, 2.24) is 14.7 Å². The van der Waals surface area contributed by atoms with Crippen LogP contribution in [0.1, 0.15) is 12.8 Å². The standard InChI is InChI=1S/C20H24N4O6S/c1-2-7-30-20(29)22-5-4-13(9-22)23-6-3-11(16(23)25)8-12-10-31-18-14(21)17(26)24(18)15(12)19(27)28/h2,8,13-14,18H,1,3-7,9-10,21H2,(H,27,28)/t13-,14?,18?/m0/s1. The van der Waals surface area contributed by atoms with Crippen LogP contribution in [0.5, 0.6) is 0 Å². The van der Waals surface area contributed by atoms with Gasteiger partial charge in [-0.3, -0.25) is 14.5 Å². The van der Waals surface area contributed by atoms with E-state index in [1.807, 2.05) is 0 Å². The predicted octanol–water partition coefficient (Wildman–Crippen LogP) is 0.123. The number of carbonyl (C=O) groups is 4. The summed E-state index contributed by atoms with van der Waals surface area (Å²) in [4.78, 5) is 53.5. The molecule has 0 aliphatic carbocycles. The second-order valence-corrected chi connectivity index (χ2v) is 8.89. The fourth-order valence-corrected chi connectivity index (χ4v) is 5.61.